The Morgan fingerprint density at radius 3 is 1.70 bits per heavy atom. The normalized spacial score (nSPS) is 11.8. The minimum Gasteiger partial charge on any atom is -0.308 e. The second kappa shape index (κ2) is 21.2. The summed E-state index contributed by atoms with van der Waals surface area (Å²) in [7, 11) is 0. The van der Waals surface area contributed by atoms with Gasteiger partial charge in [-0.25, -0.2) is 0 Å². The summed E-state index contributed by atoms with van der Waals surface area (Å²) in [5, 5.41) is 4.27. The number of benzene rings is 7. The summed E-state index contributed by atoms with van der Waals surface area (Å²) in [5.41, 5.74) is 15.0. The fourth-order valence-corrected chi connectivity index (χ4v) is 10.4. The molecule has 0 N–H and O–H groups in total. The molecular formula is C59H61ClN2S. The molecule has 8 rings (SSSR count). The van der Waals surface area contributed by atoms with Gasteiger partial charge in [-0.2, -0.15) is 0 Å². The largest absolute Gasteiger partial charge is 0.308 e. The Labute approximate surface area is 385 Å². The first-order valence-corrected chi connectivity index (χ1v) is 24.6. The van der Waals surface area contributed by atoms with E-state index in [1.807, 2.05) is 0 Å². The third kappa shape index (κ3) is 9.81. The average molecular weight is 866 g/mol. The van der Waals surface area contributed by atoms with Crippen molar-refractivity contribution in [3.8, 4) is 22.3 Å². The lowest BCUT2D eigenvalue weighted by Gasteiger charge is -2.33. The SMILES string of the molecule is CCCCCc1ccc(N(c2cccc(N(c3ccc(C(CC)CCC)cc3)c3csc4ccc(CCCC)cc34)c2Cl)c2c(-c3ccccc3)cccc2-c2ccccc2)cc1. The van der Waals surface area contributed by atoms with E-state index in [2.05, 4.69) is 207 Å². The quantitative estimate of drug-likeness (QED) is 0.0747. The van der Waals surface area contributed by atoms with Gasteiger partial charge < -0.3 is 9.80 Å². The fourth-order valence-electron chi connectivity index (χ4n) is 9.15. The summed E-state index contributed by atoms with van der Waals surface area (Å²) in [6, 6.07) is 60.4. The number of thiophene rings is 1. The van der Waals surface area contributed by atoms with Gasteiger partial charge in [0.15, 0.2) is 0 Å². The zero-order valence-electron chi connectivity index (χ0n) is 37.5. The molecule has 0 aliphatic carbocycles. The number of aryl methyl sites for hydroxylation is 2. The van der Waals surface area contributed by atoms with Crippen LogP contribution in [0, 0.1) is 0 Å². The highest BCUT2D eigenvalue weighted by molar-refractivity contribution is 7.17. The third-order valence-electron chi connectivity index (χ3n) is 12.6. The van der Waals surface area contributed by atoms with Gasteiger partial charge in [0.1, 0.15) is 0 Å². The Morgan fingerprint density at radius 2 is 1.08 bits per heavy atom. The number of rotatable bonds is 19. The molecule has 4 heteroatoms. The van der Waals surface area contributed by atoms with Gasteiger partial charge in [0.25, 0.3) is 0 Å². The fraction of sp³-hybridized carbons (Fsp3) is 0.254. The Morgan fingerprint density at radius 1 is 0.508 bits per heavy atom. The molecule has 2 nitrogen and oxygen atoms in total. The van der Waals surface area contributed by atoms with E-state index in [0.717, 1.165) is 75.6 Å². The monoisotopic (exact) mass is 864 g/mol. The van der Waals surface area contributed by atoms with Crippen molar-refractivity contribution in [1.82, 2.24) is 0 Å². The highest BCUT2D eigenvalue weighted by Crippen LogP contribution is 2.52. The van der Waals surface area contributed by atoms with E-state index >= 15 is 0 Å². The lowest BCUT2D eigenvalue weighted by molar-refractivity contribution is 0.596. The highest BCUT2D eigenvalue weighted by atomic mass is 35.5. The first-order chi connectivity index (χ1) is 31.0. The summed E-state index contributed by atoms with van der Waals surface area (Å²) >= 11 is 9.90. The minimum atomic E-state index is 0.544. The molecule has 0 bridgehead atoms. The summed E-state index contributed by atoms with van der Waals surface area (Å²) in [6.45, 7) is 9.14. The molecule has 0 saturated carbocycles. The molecule has 63 heavy (non-hydrogen) atoms. The molecule has 0 saturated heterocycles. The van der Waals surface area contributed by atoms with Crippen LogP contribution in [0.25, 0.3) is 32.3 Å². The number of halogens is 1. The molecular weight excluding hydrogens is 804 g/mol. The third-order valence-corrected chi connectivity index (χ3v) is 13.9. The van der Waals surface area contributed by atoms with Gasteiger partial charge in [0.2, 0.25) is 0 Å². The Hall–Kier alpha value is -5.61. The van der Waals surface area contributed by atoms with Gasteiger partial charge in [-0.15, -0.1) is 11.3 Å². The zero-order valence-corrected chi connectivity index (χ0v) is 39.1. The molecule has 1 atom stereocenters. The predicted molar refractivity (Wildman–Crippen MR) is 277 cm³/mol. The second-order valence-corrected chi connectivity index (χ2v) is 18.2. The maximum Gasteiger partial charge on any atom is 0.0887 e. The van der Waals surface area contributed by atoms with Crippen LogP contribution < -0.4 is 9.80 Å². The number of hydrogen-bond acceptors (Lipinski definition) is 3. The molecule has 1 unspecified atom stereocenters. The number of hydrogen-bond donors (Lipinski definition) is 0. The Balaban J connectivity index is 1.37. The molecule has 0 amide bonds. The van der Waals surface area contributed by atoms with Crippen molar-refractivity contribution in [2.45, 2.75) is 97.8 Å². The van der Waals surface area contributed by atoms with Gasteiger partial charge in [0.05, 0.1) is 27.8 Å². The van der Waals surface area contributed by atoms with Gasteiger partial charge in [-0.3, -0.25) is 0 Å². The van der Waals surface area contributed by atoms with Crippen molar-refractivity contribution in [3.63, 3.8) is 0 Å². The Bertz CT molecular complexity index is 2630. The number of para-hydroxylation sites is 1. The van der Waals surface area contributed by atoms with Gasteiger partial charge >= 0.3 is 0 Å². The van der Waals surface area contributed by atoms with Crippen molar-refractivity contribution in [3.05, 3.63) is 191 Å². The minimum absolute atomic E-state index is 0.544. The molecule has 7 aromatic carbocycles. The van der Waals surface area contributed by atoms with Crippen LogP contribution in [0.3, 0.4) is 0 Å². The van der Waals surface area contributed by atoms with Crippen molar-refractivity contribution in [2.75, 3.05) is 9.80 Å². The van der Waals surface area contributed by atoms with Crippen LogP contribution in [0.15, 0.2) is 169 Å². The van der Waals surface area contributed by atoms with Crippen LogP contribution >= 0.6 is 22.9 Å². The van der Waals surface area contributed by atoms with Crippen LogP contribution in [0.4, 0.5) is 34.1 Å². The van der Waals surface area contributed by atoms with E-state index in [4.69, 9.17) is 11.6 Å². The topological polar surface area (TPSA) is 6.48 Å². The molecule has 1 aromatic heterocycles. The van der Waals surface area contributed by atoms with Gasteiger partial charge in [-0.05, 0) is 121 Å². The second-order valence-electron chi connectivity index (χ2n) is 16.9. The van der Waals surface area contributed by atoms with Crippen LogP contribution in [0.2, 0.25) is 5.02 Å². The number of fused-ring (bicyclic) bond motifs is 1. The van der Waals surface area contributed by atoms with E-state index < -0.39 is 0 Å². The lowest BCUT2D eigenvalue weighted by Crippen LogP contribution is -2.16. The standard InChI is InChI=1S/C59H61ClN2S/c1-5-9-13-22-43-31-36-50(37-32-43)62(59-51(47-23-14-11-15-24-47)27-18-28-52(59)48-25-16-12-17-26-48)55-30-19-29-54(58(55)60)61(49-38-34-46(35-39-49)45(8-4)20-7-3)56-42-63-57-40-33-44(21-10-6-2)41-53(56)57/h11-12,14-19,23-42,45H,5-10,13,20-22H2,1-4H3. The predicted octanol–water partition coefficient (Wildman–Crippen LogP) is 19.2. The van der Waals surface area contributed by atoms with E-state index in [1.54, 1.807) is 11.3 Å². The average Bonchev–Trinajstić information content (AvgIpc) is 3.75. The van der Waals surface area contributed by atoms with Crippen LogP contribution in [0.1, 0.15) is 102 Å². The molecule has 8 aromatic rings. The molecule has 320 valence electrons. The smallest absolute Gasteiger partial charge is 0.0887 e. The summed E-state index contributed by atoms with van der Waals surface area (Å²) < 4.78 is 1.28. The van der Waals surface area contributed by atoms with Crippen molar-refractivity contribution in [1.29, 1.82) is 0 Å². The molecule has 0 aliphatic heterocycles. The van der Waals surface area contributed by atoms with Gasteiger partial charge in [-0.1, -0.05) is 180 Å². The molecule has 1 heterocycles. The van der Waals surface area contributed by atoms with Crippen molar-refractivity contribution >= 4 is 67.1 Å². The van der Waals surface area contributed by atoms with Crippen LogP contribution in [-0.2, 0) is 12.8 Å². The van der Waals surface area contributed by atoms with Crippen LogP contribution in [0.5, 0.6) is 0 Å². The summed E-state index contributed by atoms with van der Waals surface area (Å²) in [5.74, 6) is 0.544. The highest BCUT2D eigenvalue weighted by Gasteiger charge is 2.27. The number of unbranched alkanes of at least 4 members (excludes halogenated alkanes) is 3. The lowest BCUT2D eigenvalue weighted by atomic mass is 9.92. The summed E-state index contributed by atoms with van der Waals surface area (Å²) in [4.78, 5) is 4.83. The van der Waals surface area contributed by atoms with Crippen LogP contribution in [-0.4, -0.2) is 0 Å². The maximum atomic E-state index is 8.09. The van der Waals surface area contributed by atoms with Crippen molar-refractivity contribution in [2.24, 2.45) is 0 Å². The van der Waals surface area contributed by atoms with E-state index in [0.29, 0.717) is 10.9 Å². The number of nitrogens with zero attached hydrogens (tertiary/aromatic N) is 2. The number of anilines is 6. The molecule has 0 spiro atoms. The first kappa shape index (κ1) is 44.0. The maximum absolute atomic E-state index is 8.09. The summed E-state index contributed by atoms with van der Waals surface area (Å²) in [6.07, 6.45) is 11.6. The van der Waals surface area contributed by atoms with E-state index in [-0.39, 0.29) is 0 Å². The van der Waals surface area contributed by atoms with E-state index in [1.165, 1.54) is 71.7 Å². The Kier molecular flexibility index (Phi) is 14.8. The molecule has 0 radical (unpaired) electrons. The van der Waals surface area contributed by atoms with Gasteiger partial charge in [0, 0.05) is 38.0 Å². The zero-order chi connectivity index (χ0) is 43.5. The van der Waals surface area contributed by atoms with E-state index in [9.17, 15) is 0 Å². The van der Waals surface area contributed by atoms with Crippen molar-refractivity contribution < 1.29 is 0 Å². The first-order valence-electron chi connectivity index (χ1n) is 23.3. The molecule has 0 fully saturated rings. The molecule has 0 aliphatic rings.